The quantitative estimate of drug-likeness (QED) is 0.782. The lowest BCUT2D eigenvalue weighted by atomic mass is 9.91. The highest BCUT2D eigenvalue weighted by atomic mass is 35.5. The summed E-state index contributed by atoms with van der Waals surface area (Å²) in [6.07, 6.45) is 3.41. The fourth-order valence-electron chi connectivity index (χ4n) is 4.34. The first-order valence-corrected chi connectivity index (χ1v) is 9.57. The number of amides is 1. The number of nitrogens with one attached hydrogen (secondary N) is 2. The first kappa shape index (κ1) is 20.7. The molecule has 1 saturated heterocycles. The maximum Gasteiger partial charge on any atom is 0.224 e. The molecule has 28 heavy (non-hydrogen) atoms. The van der Waals surface area contributed by atoms with Crippen molar-refractivity contribution < 1.29 is 13.6 Å². The van der Waals surface area contributed by atoms with Crippen LogP contribution in [-0.4, -0.2) is 19.0 Å². The van der Waals surface area contributed by atoms with Gasteiger partial charge in [0.25, 0.3) is 0 Å². The van der Waals surface area contributed by atoms with Crippen molar-refractivity contribution in [3.63, 3.8) is 0 Å². The van der Waals surface area contributed by atoms with E-state index in [0.29, 0.717) is 12.0 Å². The second-order valence-electron chi connectivity index (χ2n) is 7.82. The molecule has 0 radical (unpaired) electrons. The average Bonchev–Trinajstić information content (AvgIpc) is 3.35. The third-order valence-corrected chi connectivity index (χ3v) is 6.00. The zero-order chi connectivity index (χ0) is 18.9. The van der Waals surface area contributed by atoms with Gasteiger partial charge in [-0.25, -0.2) is 8.78 Å². The van der Waals surface area contributed by atoms with E-state index in [-0.39, 0.29) is 47.3 Å². The van der Waals surface area contributed by atoms with Crippen molar-refractivity contribution in [2.24, 2.45) is 11.3 Å². The molecule has 1 aliphatic carbocycles. The summed E-state index contributed by atoms with van der Waals surface area (Å²) in [5.74, 6) is -0.592. The van der Waals surface area contributed by atoms with Crippen molar-refractivity contribution in [3.8, 4) is 0 Å². The number of piperidine rings is 1. The van der Waals surface area contributed by atoms with Crippen LogP contribution >= 0.6 is 12.4 Å². The molecule has 4 rings (SSSR count). The van der Waals surface area contributed by atoms with Gasteiger partial charge in [-0.3, -0.25) is 4.79 Å². The Balaban J connectivity index is 0.00000225. The molecule has 3 nitrogen and oxygen atoms in total. The van der Waals surface area contributed by atoms with Gasteiger partial charge in [-0.1, -0.05) is 24.3 Å². The van der Waals surface area contributed by atoms with E-state index in [1.54, 1.807) is 18.2 Å². The summed E-state index contributed by atoms with van der Waals surface area (Å²) >= 11 is 0. The van der Waals surface area contributed by atoms with Crippen LogP contribution in [-0.2, 0) is 11.2 Å². The molecule has 1 saturated carbocycles. The van der Waals surface area contributed by atoms with Gasteiger partial charge in [-0.15, -0.1) is 12.4 Å². The summed E-state index contributed by atoms with van der Waals surface area (Å²) in [5, 5.41) is 6.46. The number of halogens is 3. The molecular formula is C22H25ClF2N2O. The van der Waals surface area contributed by atoms with E-state index in [2.05, 4.69) is 10.6 Å². The van der Waals surface area contributed by atoms with Crippen molar-refractivity contribution in [1.82, 2.24) is 10.6 Å². The highest BCUT2D eigenvalue weighted by molar-refractivity contribution is 5.85. The van der Waals surface area contributed by atoms with Crippen molar-refractivity contribution in [2.75, 3.05) is 13.1 Å². The molecule has 0 bridgehead atoms. The van der Waals surface area contributed by atoms with Crippen LogP contribution in [0.5, 0.6) is 0 Å². The zero-order valence-corrected chi connectivity index (χ0v) is 16.4. The minimum Gasteiger partial charge on any atom is -0.349 e. The Morgan fingerprint density at radius 1 is 1.11 bits per heavy atom. The van der Waals surface area contributed by atoms with E-state index >= 15 is 0 Å². The van der Waals surface area contributed by atoms with Gasteiger partial charge >= 0.3 is 0 Å². The van der Waals surface area contributed by atoms with E-state index in [1.165, 1.54) is 24.3 Å². The topological polar surface area (TPSA) is 41.1 Å². The number of hydrogen-bond acceptors (Lipinski definition) is 2. The monoisotopic (exact) mass is 406 g/mol. The average molecular weight is 407 g/mol. The lowest BCUT2D eigenvalue weighted by Gasteiger charge is -2.25. The molecule has 0 aromatic heterocycles. The van der Waals surface area contributed by atoms with Crippen LogP contribution in [0.4, 0.5) is 8.78 Å². The number of benzene rings is 2. The molecule has 2 atom stereocenters. The van der Waals surface area contributed by atoms with Crippen molar-refractivity contribution in [2.45, 2.75) is 31.7 Å². The number of hydrogen-bond donors (Lipinski definition) is 2. The summed E-state index contributed by atoms with van der Waals surface area (Å²) in [6, 6.07) is 12.2. The number of carbonyl (C=O) groups excluding carboxylic acids is 1. The number of carbonyl (C=O) groups is 1. The normalized spacial score (nSPS) is 20.9. The summed E-state index contributed by atoms with van der Waals surface area (Å²) in [6.45, 7) is 1.92. The van der Waals surface area contributed by atoms with Gasteiger partial charge in [0.2, 0.25) is 5.91 Å². The number of rotatable bonds is 5. The van der Waals surface area contributed by atoms with Gasteiger partial charge in [0.05, 0.1) is 6.04 Å². The van der Waals surface area contributed by atoms with E-state index in [9.17, 15) is 13.6 Å². The van der Waals surface area contributed by atoms with Crippen LogP contribution in [0.2, 0.25) is 0 Å². The zero-order valence-electron chi connectivity index (χ0n) is 15.6. The first-order chi connectivity index (χ1) is 13.1. The fraction of sp³-hybridized carbons (Fsp3) is 0.409. The van der Waals surface area contributed by atoms with Gasteiger partial charge in [0.1, 0.15) is 11.6 Å². The summed E-state index contributed by atoms with van der Waals surface area (Å²) in [5.41, 5.74) is 1.62. The fourth-order valence-corrected chi connectivity index (χ4v) is 4.34. The standard InChI is InChI=1S/C22H24F2N2O.ClH/c23-17-5-1-3-15(11-17)12-20(16-4-2-6-18(24)13-16)26-21(27)19-14-22(19)7-9-25-10-8-22;/h1-6,11,13,19-20,25H,7-10,12,14H2,(H,26,27);1H. The third kappa shape index (κ3) is 4.53. The van der Waals surface area contributed by atoms with Gasteiger partial charge < -0.3 is 10.6 Å². The second kappa shape index (κ2) is 8.58. The lowest BCUT2D eigenvalue weighted by Crippen LogP contribution is -2.35. The van der Waals surface area contributed by atoms with Crippen molar-refractivity contribution >= 4 is 18.3 Å². The van der Waals surface area contributed by atoms with Gasteiger partial charge in [0.15, 0.2) is 0 Å². The molecule has 6 heteroatoms. The predicted molar refractivity (Wildman–Crippen MR) is 107 cm³/mol. The predicted octanol–water partition coefficient (Wildman–Crippen LogP) is 4.18. The minimum atomic E-state index is -0.380. The molecule has 1 aliphatic heterocycles. The Morgan fingerprint density at radius 2 is 1.79 bits per heavy atom. The second-order valence-corrected chi connectivity index (χ2v) is 7.82. The molecule has 2 aromatic carbocycles. The Bertz CT molecular complexity index is 839. The largest absolute Gasteiger partial charge is 0.349 e. The Kier molecular flexibility index (Phi) is 6.36. The van der Waals surface area contributed by atoms with Crippen LogP contribution in [0.25, 0.3) is 0 Å². The van der Waals surface area contributed by atoms with Crippen LogP contribution in [0.3, 0.4) is 0 Å². The highest BCUT2D eigenvalue weighted by Gasteiger charge is 2.57. The van der Waals surface area contributed by atoms with Crippen LogP contribution in [0, 0.1) is 23.0 Å². The van der Waals surface area contributed by atoms with E-state index in [4.69, 9.17) is 0 Å². The van der Waals surface area contributed by atoms with Crippen LogP contribution in [0.15, 0.2) is 48.5 Å². The summed E-state index contributed by atoms with van der Waals surface area (Å²) in [4.78, 5) is 12.9. The summed E-state index contributed by atoms with van der Waals surface area (Å²) < 4.78 is 27.3. The van der Waals surface area contributed by atoms with Gasteiger partial charge in [0, 0.05) is 5.92 Å². The van der Waals surface area contributed by atoms with Crippen molar-refractivity contribution in [3.05, 3.63) is 71.3 Å². The van der Waals surface area contributed by atoms with Crippen molar-refractivity contribution in [1.29, 1.82) is 0 Å². The van der Waals surface area contributed by atoms with Crippen LogP contribution < -0.4 is 10.6 Å². The molecule has 1 spiro atoms. The van der Waals surface area contributed by atoms with E-state index < -0.39 is 0 Å². The highest BCUT2D eigenvalue weighted by Crippen LogP contribution is 2.58. The van der Waals surface area contributed by atoms with Crippen LogP contribution in [0.1, 0.15) is 36.4 Å². The maximum absolute atomic E-state index is 13.7. The molecule has 2 fully saturated rings. The van der Waals surface area contributed by atoms with Gasteiger partial charge in [-0.05, 0) is 79.6 Å². The minimum absolute atomic E-state index is 0. The van der Waals surface area contributed by atoms with E-state index in [1.807, 2.05) is 6.07 Å². The molecule has 2 aliphatic rings. The molecule has 1 heterocycles. The SMILES string of the molecule is Cl.O=C(NC(Cc1cccc(F)c1)c1cccc(F)c1)C1CC12CCNCC2. The molecular weight excluding hydrogens is 382 g/mol. The third-order valence-electron chi connectivity index (χ3n) is 6.00. The Labute approximate surface area is 170 Å². The molecule has 150 valence electrons. The smallest absolute Gasteiger partial charge is 0.224 e. The molecule has 2 aromatic rings. The lowest BCUT2D eigenvalue weighted by molar-refractivity contribution is -0.124. The molecule has 1 amide bonds. The Hall–Kier alpha value is -1.98. The van der Waals surface area contributed by atoms with Gasteiger partial charge in [-0.2, -0.15) is 0 Å². The molecule has 2 unspecified atom stereocenters. The van der Waals surface area contributed by atoms with E-state index in [0.717, 1.165) is 37.9 Å². The first-order valence-electron chi connectivity index (χ1n) is 9.57. The molecule has 2 N–H and O–H groups in total. The Morgan fingerprint density at radius 3 is 2.46 bits per heavy atom. The maximum atomic E-state index is 13.7. The summed E-state index contributed by atoms with van der Waals surface area (Å²) in [7, 11) is 0.